The first kappa shape index (κ1) is 27.5. The molecule has 204 valence electrons. The van der Waals surface area contributed by atoms with Gasteiger partial charge in [-0.25, -0.2) is 0 Å². The highest BCUT2D eigenvalue weighted by Gasteiger charge is 2.46. The predicted octanol–water partition coefficient (Wildman–Crippen LogP) is 4.79. The lowest BCUT2D eigenvalue weighted by molar-refractivity contribution is -0.140. The van der Waals surface area contributed by atoms with E-state index in [2.05, 4.69) is 25.7 Å². The van der Waals surface area contributed by atoms with Gasteiger partial charge in [0.1, 0.15) is 24.7 Å². The Labute approximate surface area is 224 Å². The quantitative estimate of drug-likeness (QED) is 0.186. The van der Waals surface area contributed by atoms with Gasteiger partial charge in [0.25, 0.3) is 11.7 Å². The van der Waals surface area contributed by atoms with Crippen LogP contribution in [0, 0.1) is 0 Å². The Balaban J connectivity index is 1.73. The van der Waals surface area contributed by atoms with Crippen LogP contribution >= 0.6 is 0 Å². The minimum atomic E-state index is -0.738. The summed E-state index contributed by atoms with van der Waals surface area (Å²) >= 11 is 0. The summed E-state index contributed by atoms with van der Waals surface area (Å²) in [5.41, 5.74) is 1.18. The first-order valence-electron chi connectivity index (χ1n) is 13.6. The summed E-state index contributed by atoms with van der Waals surface area (Å²) in [5.74, 6) is 0.205. The third kappa shape index (κ3) is 5.96. The Kier molecular flexibility index (Phi) is 9.29. The number of benzene rings is 2. The molecule has 0 spiro atoms. The number of carbonyl (C=O) groups is 2. The van der Waals surface area contributed by atoms with Crippen molar-refractivity contribution in [2.45, 2.75) is 46.1 Å². The van der Waals surface area contributed by atoms with Gasteiger partial charge in [0.15, 0.2) is 11.5 Å². The van der Waals surface area contributed by atoms with E-state index < -0.39 is 17.7 Å². The molecule has 2 heterocycles. The van der Waals surface area contributed by atoms with Crippen molar-refractivity contribution in [2.75, 3.05) is 46.0 Å². The monoisotopic (exact) mass is 522 g/mol. The maximum absolute atomic E-state index is 13.4. The molecule has 1 atom stereocenters. The van der Waals surface area contributed by atoms with Gasteiger partial charge >= 0.3 is 0 Å². The number of rotatable bonds is 12. The van der Waals surface area contributed by atoms with Crippen LogP contribution in [-0.4, -0.2) is 72.6 Å². The second-order valence-corrected chi connectivity index (χ2v) is 9.51. The Hall–Kier alpha value is -3.52. The minimum Gasteiger partial charge on any atom is -0.507 e. The van der Waals surface area contributed by atoms with Crippen molar-refractivity contribution in [2.24, 2.45) is 0 Å². The van der Waals surface area contributed by atoms with Crippen LogP contribution < -0.4 is 14.2 Å². The van der Waals surface area contributed by atoms with Crippen LogP contribution in [0.4, 0.5) is 0 Å². The van der Waals surface area contributed by atoms with Crippen molar-refractivity contribution in [3.63, 3.8) is 0 Å². The van der Waals surface area contributed by atoms with Gasteiger partial charge < -0.3 is 29.1 Å². The summed E-state index contributed by atoms with van der Waals surface area (Å²) in [6.45, 7) is 10.4. The van der Waals surface area contributed by atoms with E-state index in [4.69, 9.17) is 14.2 Å². The molecule has 1 N–H and O–H groups in total. The van der Waals surface area contributed by atoms with Crippen molar-refractivity contribution < 1.29 is 28.9 Å². The predicted molar refractivity (Wildman–Crippen MR) is 146 cm³/mol. The minimum absolute atomic E-state index is 0.0642. The Morgan fingerprint density at radius 1 is 1.03 bits per heavy atom. The lowest BCUT2D eigenvalue weighted by atomic mass is 9.95. The number of unbranched alkanes of at least 4 members (excludes halogenated alkanes) is 2. The van der Waals surface area contributed by atoms with Crippen molar-refractivity contribution in [3.05, 3.63) is 59.2 Å². The van der Waals surface area contributed by atoms with Gasteiger partial charge in [-0.1, -0.05) is 45.7 Å². The number of hydrogen-bond acceptors (Lipinski definition) is 7. The van der Waals surface area contributed by atoms with E-state index >= 15 is 0 Å². The van der Waals surface area contributed by atoms with Crippen molar-refractivity contribution >= 4 is 17.4 Å². The molecule has 2 aromatic rings. The maximum atomic E-state index is 13.4. The number of likely N-dealkylation sites (tertiary alicyclic amines) is 1. The van der Waals surface area contributed by atoms with E-state index in [0.717, 1.165) is 37.9 Å². The topological polar surface area (TPSA) is 88.5 Å². The number of aliphatic hydroxyl groups is 1. The number of aliphatic hydroxyl groups excluding tert-OH is 1. The van der Waals surface area contributed by atoms with Gasteiger partial charge in [0, 0.05) is 18.7 Å². The number of ketones is 1. The average Bonchev–Trinajstić information content (AvgIpc) is 3.20. The zero-order chi connectivity index (χ0) is 27.1. The van der Waals surface area contributed by atoms with Crippen LogP contribution in [0.15, 0.2) is 48.0 Å². The normalized spacial score (nSPS) is 18.3. The molecule has 0 aliphatic carbocycles. The molecule has 1 fully saturated rings. The summed E-state index contributed by atoms with van der Waals surface area (Å²) in [5, 5.41) is 11.4. The molecular weight excluding hydrogens is 484 g/mol. The molecule has 38 heavy (non-hydrogen) atoms. The standard InChI is InChI=1S/C30H38N2O6/c1-4-7-8-16-36-23-11-9-10-21(19-23)27-26(29(34)30(35)32(27)15-14-31(5-2)6-3)28(33)22-12-13-24-25(20-22)38-18-17-37-24/h9-13,19-20,27,33H,4-8,14-18H2,1-3H3/t27-/m0/s1. The molecule has 0 unspecified atom stereocenters. The molecule has 1 saturated heterocycles. The summed E-state index contributed by atoms with van der Waals surface area (Å²) in [6.07, 6.45) is 3.14. The van der Waals surface area contributed by atoms with Gasteiger partial charge in [-0.3, -0.25) is 9.59 Å². The molecule has 0 saturated carbocycles. The van der Waals surface area contributed by atoms with Crippen LogP contribution in [0.5, 0.6) is 17.2 Å². The van der Waals surface area contributed by atoms with Crippen molar-refractivity contribution in [1.29, 1.82) is 0 Å². The van der Waals surface area contributed by atoms with Gasteiger partial charge in [-0.05, 0) is 55.4 Å². The molecule has 4 rings (SSSR count). The Morgan fingerprint density at radius 3 is 2.53 bits per heavy atom. The molecule has 1 amide bonds. The lowest BCUT2D eigenvalue weighted by Crippen LogP contribution is -2.38. The highest BCUT2D eigenvalue weighted by molar-refractivity contribution is 6.46. The van der Waals surface area contributed by atoms with E-state index in [-0.39, 0.29) is 11.3 Å². The number of ether oxygens (including phenoxy) is 3. The van der Waals surface area contributed by atoms with E-state index in [1.165, 1.54) is 0 Å². The number of likely N-dealkylation sites (N-methyl/N-ethyl adjacent to an activating group) is 1. The first-order chi connectivity index (χ1) is 18.5. The fraction of sp³-hybridized carbons (Fsp3) is 0.467. The zero-order valence-electron chi connectivity index (χ0n) is 22.6. The third-order valence-corrected chi connectivity index (χ3v) is 7.10. The van der Waals surface area contributed by atoms with E-state index in [0.29, 0.717) is 55.7 Å². The van der Waals surface area contributed by atoms with Crippen molar-refractivity contribution in [1.82, 2.24) is 9.80 Å². The SMILES string of the molecule is CCCCCOc1cccc([C@H]2C(=C(O)c3ccc4c(c3)OCCO4)C(=O)C(=O)N2CCN(CC)CC)c1. The van der Waals surface area contributed by atoms with Crippen LogP contribution in [-0.2, 0) is 9.59 Å². The first-order valence-corrected chi connectivity index (χ1v) is 13.6. The average molecular weight is 523 g/mol. The fourth-order valence-corrected chi connectivity index (χ4v) is 4.91. The molecule has 0 bridgehead atoms. The number of hydrogen-bond donors (Lipinski definition) is 1. The third-order valence-electron chi connectivity index (χ3n) is 7.10. The van der Waals surface area contributed by atoms with Crippen LogP contribution in [0.25, 0.3) is 5.76 Å². The summed E-state index contributed by atoms with van der Waals surface area (Å²) < 4.78 is 17.2. The number of fused-ring (bicyclic) bond motifs is 1. The molecule has 2 aliphatic heterocycles. The molecule has 2 aliphatic rings. The van der Waals surface area contributed by atoms with E-state index in [1.807, 2.05) is 24.3 Å². The highest BCUT2D eigenvalue weighted by atomic mass is 16.6. The number of amides is 1. The maximum Gasteiger partial charge on any atom is 0.295 e. The summed E-state index contributed by atoms with van der Waals surface area (Å²) in [7, 11) is 0. The second-order valence-electron chi connectivity index (χ2n) is 9.51. The molecule has 2 aromatic carbocycles. The number of carbonyl (C=O) groups excluding carboxylic acids is 2. The Bertz CT molecular complexity index is 1170. The highest BCUT2D eigenvalue weighted by Crippen LogP contribution is 2.41. The molecule has 0 aromatic heterocycles. The van der Waals surface area contributed by atoms with Crippen LogP contribution in [0.3, 0.4) is 0 Å². The number of nitrogens with zero attached hydrogens (tertiary/aromatic N) is 2. The summed E-state index contributed by atoms with van der Waals surface area (Å²) in [6, 6.07) is 11.8. The second kappa shape index (κ2) is 12.8. The largest absolute Gasteiger partial charge is 0.507 e. The van der Waals surface area contributed by atoms with Gasteiger partial charge in [0.2, 0.25) is 0 Å². The zero-order valence-corrected chi connectivity index (χ0v) is 22.6. The summed E-state index contributed by atoms with van der Waals surface area (Å²) in [4.78, 5) is 30.5. The smallest absolute Gasteiger partial charge is 0.295 e. The van der Waals surface area contributed by atoms with Crippen LogP contribution in [0.1, 0.15) is 57.2 Å². The number of Topliss-reactive ketones (excluding diaryl/α,β-unsaturated/α-hetero) is 1. The van der Waals surface area contributed by atoms with Gasteiger partial charge in [-0.2, -0.15) is 0 Å². The van der Waals surface area contributed by atoms with Gasteiger partial charge in [0.05, 0.1) is 18.2 Å². The molecule has 8 nitrogen and oxygen atoms in total. The van der Waals surface area contributed by atoms with E-state index in [1.54, 1.807) is 23.1 Å². The lowest BCUT2D eigenvalue weighted by Gasteiger charge is -2.28. The molecule has 8 heteroatoms. The van der Waals surface area contributed by atoms with Crippen LogP contribution in [0.2, 0.25) is 0 Å². The fourth-order valence-electron chi connectivity index (χ4n) is 4.91. The van der Waals surface area contributed by atoms with Crippen molar-refractivity contribution in [3.8, 4) is 17.2 Å². The van der Waals surface area contributed by atoms with Gasteiger partial charge in [-0.15, -0.1) is 0 Å². The van der Waals surface area contributed by atoms with E-state index in [9.17, 15) is 14.7 Å². The molecule has 0 radical (unpaired) electrons. The molecular formula is C30H38N2O6. The Morgan fingerprint density at radius 2 is 1.79 bits per heavy atom.